The van der Waals surface area contributed by atoms with Gasteiger partial charge in [0.2, 0.25) is 5.91 Å². The number of hydrogen-bond acceptors (Lipinski definition) is 2. The van der Waals surface area contributed by atoms with E-state index in [1.54, 1.807) is 0 Å². The fourth-order valence-electron chi connectivity index (χ4n) is 4.19. The first-order valence-corrected chi connectivity index (χ1v) is 8.13. The van der Waals surface area contributed by atoms with Crippen molar-refractivity contribution in [1.82, 2.24) is 10.2 Å². The van der Waals surface area contributed by atoms with E-state index in [-0.39, 0.29) is 41.8 Å². The lowest BCUT2D eigenvalue weighted by atomic mass is 10.1. The summed E-state index contributed by atoms with van der Waals surface area (Å²) in [7, 11) is 0. The van der Waals surface area contributed by atoms with Crippen LogP contribution in [0.3, 0.4) is 0 Å². The molecule has 3 aliphatic rings. The SMILES string of the molecule is Cl.O=C(C1CC1c1c(F)cccc1F)N1C2CCNCC1CC2. The van der Waals surface area contributed by atoms with Crippen molar-refractivity contribution in [3.8, 4) is 0 Å². The van der Waals surface area contributed by atoms with Crippen molar-refractivity contribution in [2.75, 3.05) is 13.1 Å². The van der Waals surface area contributed by atoms with Crippen LogP contribution in [0, 0.1) is 17.6 Å². The van der Waals surface area contributed by atoms with Crippen molar-refractivity contribution >= 4 is 18.3 Å². The average Bonchev–Trinajstić information content (AvgIpc) is 3.17. The number of carbonyl (C=O) groups is 1. The number of halogens is 3. The summed E-state index contributed by atoms with van der Waals surface area (Å²) in [6.45, 7) is 1.79. The van der Waals surface area contributed by atoms with Gasteiger partial charge in [-0.25, -0.2) is 8.78 Å². The van der Waals surface area contributed by atoms with Crippen molar-refractivity contribution in [1.29, 1.82) is 0 Å². The van der Waals surface area contributed by atoms with Crippen LogP contribution in [0.4, 0.5) is 8.78 Å². The van der Waals surface area contributed by atoms with Gasteiger partial charge in [-0.1, -0.05) is 6.07 Å². The molecule has 1 saturated carbocycles. The maximum absolute atomic E-state index is 13.9. The largest absolute Gasteiger partial charge is 0.335 e. The van der Waals surface area contributed by atoms with E-state index in [0.29, 0.717) is 12.5 Å². The molecule has 4 rings (SSSR count). The molecule has 4 atom stereocenters. The molecular formula is C17H21ClF2N2O. The van der Waals surface area contributed by atoms with Crippen LogP contribution in [0.25, 0.3) is 0 Å². The van der Waals surface area contributed by atoms with E-state index in [0.717, 1.165) is 32.4 Å². The lowest BCUT2D eigenvalue weighted by Gasteiger charge is -2.28. The van der Waals surface area contributed by atoms with Crippen LogP contribution >= 0.6 is 12.4 Å². The number of nitrogens with one attached hydrogen (secondary N) is 1. The third-order valence-corrected chi connectivity index (χ3v) is 5.39. The van der Waals surface area contributed by atoms with Crippen LogP contribution in [0.1, 0.15) is 37.2 Å². The fraction of sp³-hybridized carbons (Fsp3) is 0.588. The van der Waals surface area contributed by atoms with Crippen LogP contribution in [0.15, 0.2) is 18.2 Å². The third kappa shape index (κ3) is 2.85. The van der Waals surface area contributed by atoms with Crippen LogP contribution in [-0.4, -0.2) is 36.0 Å². The summed E-state index contributed by atoms with van der Waals surface area (Å²) >= 11 is 0. The van der Waals surface area contributed by atoms with E-state index in [9.17, 15) is 13.6 Å². The number of amides is 1. The molecule has 1 amide bonds. The summed E-state index contributed by atoms with van der Waals surface area (Å²) in [5, 5.41) is 3.37. The van der Waals surface area contributed by atoms with Gasteiger partial charge in [0.05, 0.1) is 0 Å². The second kappa shape index (κ2) is 6.36. The maximum Gasteiger partial charge on any atom is 0.226 e. The van der Waals surface area contributed by atoms with Crippen molar-refractivity contribution in [2.45, 2.75) is 43.7 Å². The minimum Gasteiger partial charge on any atom is -0.335 e. The Morgan fingerprint density at radius 3 is 2.57 bits per heavy atom. The molecule has 1 aliphatic carbocycles. The number of hydrogen-bond donors (Lipinski definition) is 1. The smallest absolute Gasteiger partial charge is 0.226 e. The third-order valence-electron chi connectivity index (χ3n) is 5.39. The van der Waals surface area contributed by atoms with E-state index in [2.05, 4.69) is 5.32 Å². The zero-order chi connectivity index (χ0) is 15.3. The molecule has 3 fully saturated rings. The van der Waals surface area contributed by atoms with Gasteiger partial charge >= 0.3 is 0 Å². The van der Waals surface area contributed by atoms with Crippen LogP contribution in [0.5, 0.6) is 0 Å². The molecule has 2 bridgehead atoms. The topological polar surface area (TPSA) is 32.3 Å². The molecule has 0 aromatic heterocycles. The summed E-state index contributed by atoms with van der Waals surface area (Å²) < 4.78 is 27.8. The fourth-order valence-corrected chi connectivity index (χ4v) is 4.19. The quantitative estimate of drug-likeness (QED) is 0.896. The van der Waals surface area contributed by atoms with E-state index < -0.39 is 11.6 Å². The highest BCUT2D eigenvalue weighted by molar-refractivity contribution is 5.85. The van der Waals surface area contributed by atoms with Gasteiger partial charge in [0.1, 0.15) is 11.6 Å². The zero-order valence-corrected chi connectivity index (χ0v) is 13.6. The second-order valence-electron chi connectivity index (χ2n) is 6.71. The summed E-state index contributed by atoms with van der Waals surface area (Å²) in [5.74, 6) is -1.48. The van der Waals surface area contributed by atoms with E-state index in [1.165, 1.54) is 18.2 Å². The Morgan fingerprint density at radius 2 is 1.83 bits per heavy atom. The zero-order valence-electron chi connectivity index (χ0n) is 12.8. The van der Waals surface area contributed by atoms with E-state index >= 15 is 0 Å². The minimum atomic E-state index is -0.527. The Bertz CT molecular complexity index is 578. The molecule has 2 aliphatic heterocycles. The molecule has 0 spiro atoms. The van der Waals surface area contributed by atoms with Gasteiger partial charge in [0.25, 0.3) is 0 Å². The first-order valence-electron chi connectivity index (χ1n) is 8.13. The number of rotatable bonds is 2. The normalized spacial score (nSPS) is 32.2. The number of nitrogens with zero attached hydrogens (tertiary/aromatic N) is 1. The summed E-state index contributed by atoms with van der Waals surface area (Å²) in [6, 6.07) is 4.48. The van der Waals surface area contributed by atoms with Gasteiger partial charge in [-0.3, -0.25) is 4.79 Å². The van der Waals surface area contributed by atoms with Crippen molar-refractivity contribution in [3.05, 3.63) is 35.4 Å². The van der Waals surface area contributed by atoms with Crippen LogP contribution < -0.4 is 5.32 Å². The molecule has 23 heavy (non-hydrogen) atoms. The lowest BCUT2D eigenvalue weighted by Crippen LogP contribution is -2.43. The second-order valence-corrected chi connectivity index (χ2v) is 6.71. The highest BCUT2D eigenvalue weighted by Gasteiger charge is 2.51. The summed E-state index contributed by atoms with van der Waals surface area (Å²) in [4.78, 5) is 14.9. The molecule has 4 unspecified atom stereocenters. The molecule has 1 aromatic rings. The first kappa shape index (κ1) is 16.7. The predicted molar refractivity (Wildman–Crippen MR) is 85.6 cm³/mol. The summed E-state index contributed by atoms with van der Waals surface area (Å²) in [5.41, 5.74) is 0.0983. The first-order chi connectivity index (χ1) is 10.7. The maximum atomic E-state index is 13.9. The number of fused-ring (bicyclic) bond motifs is 2. The predicted octanol–water partition coefficient (Wildman–Crippen LogP) is 2.84. The van der Waals surface area contributed by atoms with E-state index in [1.807, 2.05) is 4.90 Å². The number of benzene rings is 1. The molecule has 3 nitrogen and oxygen atoms in total. The van der Waals surface area contributed by atoms with Gasteiger partial charge in [-0.05, 0) is 44.4 Å². The average molecular weight is 343 g/mol. The molecule has 1 aromatic carbocycles. The van der Waals surface area contributed by atoms with Gasteiger partial charge in [-0.2, -0.15) is 0 Å². The van der Waals surface area contributed by atoms with Gasteiger partial charge < -0.3 is 10.2 Å². The van der Waals surface area contributed by atoms with Crippen molar-refractivity contribution in [3.63, 3.8) is 0 Å². The van der Waals surface area contributed by atoms with Crippen LogP contribution in [0.2, 0.25) is 0 Å². The minimum absolute atomic E-state index is 0. The highest BCUT2D eigenvalue weighted by atomic mass is 35.5. The Hall–Kier alpha value is -1.20. The molecule has 6 heteroatoms. The highest BCUT2D eigenvalue weighted by Crippen LogP contribution is 2.51. The van der Waals surface area contributed by atoms with Crippen molar-refractivity contribution < 1.29 is 13.6 Å². The van der Waals surface area contributed by atoms with Gasteiger partial charge in [0, 0.05) is 36.0 Å². The van der Waals surface area contributed by atoms with Gasteiger partial charge in [0.15, 0.2) is 0 Å². The Balaban J connectivity index is 0.00000156. The Morgan fingerprint density at radius 1 is 1.13 bits per heavy atom. The lowest BCUT2D eigenvalue weighted by molar-refractivity contribution is -0.135. The molecule has 0 radical (unpaired) electrons. The Kier molecular flexibility index (Phi) is 4.61. The van der Waals surface area contributed by atoms with E-state index in [4.69, 9.17) is 0 Å². The molecule has 2 saturated heterocycles. The van der Waals surface area contributed by atoms with Gasteiger partial charge in [-0.15, -0.1) is 12.4 Å². The molecule has 1 N–H and O–H groups in total. The Labute approximate surface area is 140 Å². The van der Waals surface area contributed by atoms with Crippen LogP contribution in [-0.2, 0) is 4.79 Å². The molecule has 2 heterocycles. The number of carbonyl (C=O) groups excluding carboxylic acids is 1. The molecular weight excluding hydrogens is 322 g/mol. The van der Waals surface area contributed by atoms with Crippen molar-refractivity contribution in [2.24, 2.45) is 5.92 Å². The molecule has 126 valence electrons. The standard InChI is InChI=1S/C17H20F2N2O.ClH/c18-14-2-1-3-15(19)16(14)12-8-13(12)17(22)21-10-4-5-11(21)9-20-7-6-10;/h1-3,10-13,20H,4-9H2;1H. The monoisotopic (exact) mass is 342 g/mol. The summed E-state index contributed by atoms with van der Waals surface area (Å²) in [6.07, 6.45) is 3.64.